The maximum Gasteiger partial charge on any atom is 0.378 e. The van der Waals surface area contributed by atoms with Crippen LogP contribution in [0, 0.1) is 0 Å². The Kier molecular flexibility index (Phi) is 7.40. The fourth-order valence-electron chi connectivity index (χ4n) is 0.316. The van der Waals surface area contributed by atoms with Crippen molar-refractivity contribution >= 4 is 26.9 Å². The average molecular weight is 180 g/mol. The van der Waals surface area contributed by atoms with E-state index >= 15 is 0 Å². The third-order valence-electron chi connectivity index (χ3n) is 0.669. The summed E-state index contributed by atoms with van der Waals surface area (Å²) in [7, 11) is 2.68. The van der Waals surface area contributed by atoms with Gasteiger partial charge < -0.3 is 4.74 Å². The molecule has 0 atom stereocenters. The summed E-state index contributed by atoms with van der Waals surface area (Å²) < 4.78 is 4.80. The molecule has 0 aromatic heterocycles. The van der Waals surface area contributed by atoms with Crippen molar-refractivity contribution < 1.29 is 9.53 Å². The number of ether oxygens (including phenoxy) is 1. The Balaban J connectivity index is 3.09. The summed E-state index contributed by atoms with van der Waals surface area (Å²) in [6.45, 7) is 4.52. The highest BCUT2D eigenvalue weighted by Crippen LogP contribution is 2.22. The molecule has 0 aliphatic heterocycles. The fraction of sp³-hybridized carbons (Fsp3) is 0.833. The molecule has 0 rings (SSSR count). The third kappa shape index (κ3) is 6.29. The minimum absolute atomic E-state index is 0.172. The van der Waals surface area contributed by atoms with Gasteiger partial charge in [0.25, 0.3) is 0 Å². The molecule has 0 unspecified atom stereocenters. The van der Waals surface area contributed by atoms with Gasteiger partial charge in [0.05, 0.1) is 6.61 Å². The lowest BCUT2D eigenvalue weighted by molar-refractivity contribution is 0.175. The summed E-state index contributed by atoms with van der Waals surface area (Å²) in [5.41, 5.74) is 0. The zero-order chi connectivity index (χ0) is 7.82. The molecule has 2 nitrogen and oxygen atoms in total. The lowest BCUT2D eigenvalue weighted by Gasteiger charge is -1.98. The van der Waals surface area contributed by atoms with Crippen LogP contribution in [0.25, 0.3) is 0 Å². The van der Waals surface area contributed by atoms with Crippen LogP contribution in [0.1, 0.15) is 20.3 Å². The average Bonchev–Trinajstić information content (AvgIpc) is 1.97. The number of carbonyl (C=O) groups excluding carboxylic acids is 1. The molecular formula is C6H12O2S2. The zero-order valence-electron chi connectivity index (χ0n) is 6.25. The van der Waals surface area contributed by atoms with Crippen molar-refractivity contribution in [2.24, 2.45) is 0 Å². The molecule has 0 fully saturated rings. The normalized spacial score (nSPS) is 9.40. The summed E-state index contributed by atoms with van der Waals surface area (Å²) in [5, 5.41) is -0.172. The standard InChI is InChI=1S/C6H12O2S2/c1-3-5-8-6(7)10-9-4-2/h3-5H2,1-2H3. The van der Waals surface area contributed by atoms with Gasteiger partial charge in [0, 0.05) is 16.5 Å². The second kappa shape index (κ2) is 7.28. The topological polar surface area (TPSA) is 26.3 Å². The number of hydrogen-bond acceptors (Lipinski definition) is 4. The molecule has 10 heavy (non-hydrogen) atoms. The first-order valence-electron chi connectivity index (χ1n) is 3.27. The first-order chi connectivity index (χ1) is 4.81. The van der Waals surface area contributed by atoms with Crippen molar-refractivity contribution in [3.05, 3.63) is 0 Å². The SMILES string of the molecule is CCCOC(=O)SSCC. The largest absolute Gasteiger partial charge is 0.457 e. The predicted molar refractivity (Wildman–Crippen MR) is 47.4 cm³/mol. The Morgan fingerprint density at radius 2 is 2.20 bits per heavy atom. The summed E-state index contributed by atoms with van der Waals surface area (Å²) in [4.78, 5) is 10.7. The summed E-state index contributed by atoms with van der Waals surface area (Å²) in [5.74, 6) is 0.936. The van der Waals surface area contributed by atoms with E-state index in [0.29, 0.717) is 6.61 Å². The van der Waals surface area contributed by atoms with Gasteiger partial charge in [0.2, 0.25) is 0 Å². The Hall–Kier alpha value is 0.170. The van der Waals surface area contributed by atoms with Crippen molar-refractivity contribution in [3.8, 4) is 0 Å². The van der Waals surface area contributed by atoms with Gasteiger partial charge in [-0.15, -0.1) is 0 Å². The van der Waals surface area contributed by atoms with Crippen molar-refractivity contribution in [2.75, 3.05) is 12.4 Å². The molecule has 0 spiro atoms. The second-order valence-corrected chi connectivity index (χ2v) is 4.11. The van der Waals surface area contributed by atoms with E-state index in [4.69, 9.17) is 4.74 Å². The van der Waals surface area contributed by atoms with Crippen LogP contribution in [-0.4, -0.2) is 17.7 Å². The van der Waals surface area contributed by atoms with Gasteiger partial charge in [-0.2, -0.15) is 0 Å². The van der Waals surface area contributed by atoms with Crippen LogP contribution in [0.3, 0.4) is 0 Å². The highest BCUT2D eigenvalue weighted by Gasteiger charge is 2.00. The molecule has 0 aliphatic rings. The molecule has 60 valence electrons. The number of rotatable bonds is 4. The van der Waals surface area contributed by atoms with E-state index in [2.05, 4.69) is 0 Å². The van der Waals surface area contributed by atoms with Gasteiger partial charge >= 0.3 is 5.30 Å². The molecule has 0 aliphatic carbocycles. The Labute approximate surface area is 69.5 Å². The van der Waals surface area contributed by atoms with E-state index in [-0.39, 0.29) is 5.30 Å². The molecule has 0 bridgehead atoms. The lowest BCUT2D eigenvalue weighted by Crippen LogP contribution is -1.96. The molecule has 0 saturated carbocycles. The molecule has 4 heteroatoms. The van der Waals surface area contributed by atoms with E-state index < -0.39 is 0 Å². The molecule has 0 aromatic rings. The van der Waals surface area contributed by atoms with Crippen molar-refractivity contribution in [3.63, 3.8) is 0 Å². The van der Waals surface area contributed by atoms with Crippen molar-refractivity contribution in [1.29, 1.82) is 0 Å². The molecule has 0 heterocycles. The second-order valence-electron chi connectivity index (χ2n) is 1.59. The first-order valence-corrected chi connectivity index (χ1v) is 5.59. The predicted octanol–water partition coefficient (Wildman–Crippen LogP) is 2.93. The van der Waals surface area contributed by atoms with E-state index in [1.165, 1.54) is 21.6 Å². The van der Waals surface area contributed by atoms with E-state index in [9.17, 15) is 4.79 Å². The maximum absolute atomic E-state index is 10.7. The Morgan fingerprint density at radius 3 is 2.70 bits per heavy atom. The van der Waals surface area contributed by atoms with Gasteiger partial charge in [0.15, 0.2) is 0 Å². The minimum atomic E-state index is -0.172. The van der Waals surface area contributed by atoms with Crippen molar-refractivity contribution in [2.45, 2.75) is 20.3 Å². The Bertz CT molecular complexity index is 85.7. The molecule has 0 amide bonds. The van der Waals surface area contributed by atoms with Crippen LogP contribution in [0.4, 0.5) is 4.79 Å². The lowest BCUT2D eigenvalue weighted by atomic mass is 10.5. The van der Waals surface area contributed by atoms with Gasteiger partial charge in [-0.25, -0.2) is 4.79 Å². The van der Waals surface area contributed by atoms with Crippen LogP contribution in [0.15, 0.2) is 0 Å². The zero-order valence-corrected chi connectivity index (χ0v) is 7.89. The molecule has 0 N–H and O–H groups in total. The maximum atomic E-state index is 10.7. The van der Waals surface area contributed by atoms with Gasteiger partial charge in [-0.1, -0.05) is 24.6 Å². The summed E-state index contributed by atoms with van der Waals surface area (Å²) in [6, 6.07) is 0. The van der Waals surface area contributed by atoms with Crippen LogP contribution in [-0.2, 0) is 4.74 Å². The fourth-order valence-corrected chi connectivity index (χ4v) is 1.45. The Morgan fingerprint density at radius 1 is 1.50 bits per heavy atom. The van der Waals surface area contributed by atoms with E-state index in [1.54, 1.807) is 0 Å². The van der Waals surface area contributed by atoms with Crippen LogP contribution < -0.4 is 0 Å². The summed E-state index contributed by atoms with van der Waals surface area (Å²) >= 11 is 0. The molecule has 0 aromatic carbocycles. The van der Waals surface area contributed by atoms with Gasteiger partial charge in [-0.05, 0) is 6.42 Å². The molecular weight excluding hydrogens is 168 g/mol. The minimum Gasteiger partial charge on any atom is -0.457 e. The van der Waals surface area contributed by atoms with E-state index in [0.717, 1.165) is 12.2 Å². The monoisotopic (exact) mass is 180 g/mol. The highest BCUT2D eigenvalue weighted by atomic mass is 33.1. The quantitative estimate of drug-likeness (QED) is 0.491. The molecule has 0 saturated heterocycles. The van der Waals surface area contributed by atoms with Gasteiger partial charge in [0.1, 0.15) is 0 Å². The third-order valence-corrected chi connectivity index (χ3v) is 2.75. The summed E-state index contributed by atoms with van der Waals surface area (Å²) in [6.07, 6.45) is 0.892. The van der Waals surface area contributed by atoms with Crippen molar-refractivity contribution in [1.82, 2.24) is 0 Å². The van der Waals surface area contributed by atoms with Crippen LogP contribution in [0.2, 0.25) is 0 Å². The highest BCUT2D eigenvalue weighted by molar-refractivity contribution is 8.82. The van der Waals surface area contributed by atoms with Crippen LogP contribution in [0.5, 0.6) is 0 Å². The smallest absolute Gasteiger partial charge is 0.378 e. The molecule has 0 radical (unpaired) electrons. The van der Waals surface area contributed by atoms with Gasteiger partial charge in [-0.3, -0.25) is 0 Å². The number of hydrogen-bond donors (Lipinski definition) is 0. The van der Waals surface area contributed by atoms with E-state index in [1.807, 2.05) is 13.8 Å². The number of carbonyl (C=O) groups is 1. The first kappa shape index (κ1) is 10.2. The van der Waals surface area contributed by atoms with Crippen LogP contribution >= 0.6 is 21.6 Å².